The van der Waals surface area contributed by atoms with E-state index in [9.17, 15) is 4.79 Å². The minimum absolute atomic E-state index is 0.135. The van der Waals surface area contributed by atoms with E-state index in [1.165, 1.54) is 11.1 Å². The molecule has 0 aliphatic heterocycles. The van der Waals surface area contributed by atoms with Crippen LogP contribution in [0.1, 0.15) is 35.6 Å². The van der Waals surface area contributed by atoms with Crippen molar-refractivity contribution in [1.29, 1.82) is 0 Å². The maximum Gasteiger partial charge on any atom is 0.315 e. The topological polar surface area (TPSA) is 63.2 Å². The lowest BCUT2D eigenvalue weighted by molar-refractivity contribution is 0.237. The van der Waals surface area contributed by atoms with Gasteiger partial charge < -0.3 is 15.4 Å². The zero-order valence-electron chi connectivity index (χ0n) is 14.5. The number of pyridine rings is 1. The van der Waals surface area contributed by atoms with Gasteiger partial charge in [0.2, 0.25) is 0 Å². The van der Waals surface area contributed by atoms with Crippen LogP contribution in [0.25, 0.3) is 0 Å². The molecule has 25 heavy (non-hydrogen) atoms. The molecule has 1 saturated carbocycles. The van der Waals surface area contributed by atoms with Gasteiger partial charge in [-0.25, -0.2) is 4.79 Å². The van der Waals surface area contributed by atoms with Gasteiger partial charge in [-0.1, -0.05) is 24.3 Å². The molecule has 4 rings (SSSR count). The number of hydrogen-bond donors (Lipinski definition) is 2. The standard InChI is InChI=1S/C20H23N3O2/c1-12(14-7-8-21-11-18(14)25-2)23-20(24)22-10-17-16-9-13-5-3-4-6-15(13)19(16)17/h3-8,11-12,16-17,19H,9-10H2,1-2H3,(H2,22,23,24)/t12-,16+,17+,19+/m0/s1. The van der Waals surface area contributed by atoms with E-state index >= 15 is 0 Å². The second-order valence-corrected chi connectivity index (χ2v) is 6.95. The molecule has 1 aromatic heterocycles. The fraction of sp³-hybridized carbons (Fsp3) is 0.400. The summed E-state index contributed by atoms with van der Waals surface area (Å²) in [6.45, 7) is 2.68. The highest BCUT2D eigenvalue weighted by molar-refractivity contribution is 5.74. The van der Waals surface area contributed by atoms with E-state index in [0.29, 0.717) is 23.5 Å². The third kappa shape index (κ3) is 2.95. The first-order valence-corrected chi connectivity index (χ1v) is 8.79. The molecule has 2 N–H and O–H groups in total. The van der Waals surface area contributed by atoms with E-state index in [-0.39, 0.29) is 12.1 Å². The summed E-state index contributed by atoms with van der Waals surface area (Å²) in [6, 6.07) is 10.3. The molecule has 0 saturated heterocycles. The van der Waals surface area contributed by atoms with Crippen molar-refractivity contribution in [1.82, 2.24) is 15.6 Å². The van der Waals surface area contributed by atoms with Gasteiger partial charge in [0, 0.05) is 18.3 Å². The zero-order valence-corrected chi connectivity index (χ0v) is 14.5. The summed E-state index contributed by atoms with van der Waals surface area (Å²) in [7, 11) is 1.61. The van der Waals surface area contributed by atoms with Gasteiger partial charge in [-0.2, -0.15) is 0 Å². The van der Waals surface area contributed by atoms with Crippen LogP contribution in [-0.4, -0.2) is 24.7 Å². The highest BCUT2D eigenvalue weighted by atomic mass is 16.5. The molecular formula is C20H23N3O2. The van der Waals surface area contributed by atoms with Crippen LogP contribution in [0.4, 0.5) is 4.79 Å². The van der Waals surface area contributed by atoms with Gasteiger partial charge in [-0.3, -0.25) is 4.98 Å². The van der Waals surface area contributed by atoms with E-state index in [0.717, 1.165) is 18.5 Å². The molecule has 5 nitrogen and oxygen atoms in total. The Morgan fingerprint density at radius 3 is 3.04 bits per heavy atom. The maximum atomic E-state index is 12.2. The Labute approximate surface area is 147 Å². The Morgan fingerprint density at radius 2 is 2.20 bits per heavy atom. The number of rotatable bonds is 5. The van der Waals surface area contributed by atoms with Crippen LogP contribution in [0.15, 0.2) is 42.7 Å². The number of aromatic nitrogens is 1. The summed E-state index contributed by atoms with van der Waals surface area (Å²) >= 11 is 0. The Balaban J connectivity index is 1.30. The number of hydrogen-bond acceptors (Lipinski definition) is 3. The number of carbonyl (C=O) groups excluding carboxylic acids is 1. The van der Waals surface area contributed by atoms with Gasteiger partial charge in [0.1, 0.15) is 5.75 Å². The first-order chi connectivity index (χ1) is 12.2. The second-order valence-electron chi connectivity index (χ2n) is 6.95. The highest BCUT2D eigenvalue weighted by Crippen LogP contribution is 2.60. The molecule has 2 aromatic rings. The first-order valence-electron chi connectivity index (χ1n) is 8.79. The lowest BCUT2D eigenvalue weighted by Gasteiger charge is -2.17. The number of nitrogens with one attached hydrogen (secondary N) is 2. The summed E-state index contributed by atoms with van der Waals surface area (Å²) < 4.78 is 5.31. The molecule has 2 aliphatic rings. The van der Waals surface area contributed by atoms with Crippen LogP contribution in [0.3, 0.4) is 0 Å². The van der Waals surface area contributed by atoms with Crippen LogP contribution in [0, 0.1) is 11.8 Å². The molecule has 2 amide bonds. The fourth-order valence-corrected chi connectivity index (χ4v) is 4.22. The number of urea groups is 1. The smallest absolute Gasteiger partial charge is 0.315 e. The van der Waals surface area contributed by atoms with Crippen molar-refractivity contribution in [3.05, 3.63) is 59.4 Å². The van der Waals surface area contributed by atoms with Crippen molar-refractivity contribution >= 4 is 6.03 Å². The highest BCUT2D eigenvalue weighted by Gasteiger charge is 2.54. The number of fused-ring (bicyclic) bond motifs is 3. The SMILES string of the molecule is COc1cnccc1[C@H](C)NC(=O)NC[C@@H]1[C@H]2Cc3ccccc3[C@@H]12. The lowest BCUT2D eigenvalue weighted by Crippen LogP contribution is -2.38. The van der Waals surface area contributed by atoms with Crippen molar-refractivity contribution in [2.24, 2.45) is 11.8 Å². The van der Waals surface area contributed by atoms with Crippen LogP contribution < -0.4 is 15.4 Å². The fourth-order valence-electron chi connectivity index (χ4n) is 4.22. The normalized spacial score (nSPS) is 24.0. The number of amides is 2. The average molecular weight is 337 g/mol. The van der Waals surface area contributed by atoms with E-state index in [1.807, 2.05) is 13.0 Å². The molecule has 1 heterocycles. The van der Waals surface area contributed by atoms with Gasteiger partial charge in [0.25, 0.3) is 0 Å². The third-order valence-electron chi connectivity index (χ3n) is 5.55. The largest absolute Gasteiger partial charge is 0.495 e. The van der Waals surface area contributed by atoms with Gasteiger partial charge in [-0.15, -0.1) is 0 Å². The minimum Gasteiger partial charge on any atom is -0.495 e. The van der Waals surface area contributed by atoms with Crippen molar-refractivity contribution < 1.29 is 9.53 Å². The molecule has 2 aliphatic carbocycles. The molecule has 130 valence electrons. The van der Waals surface area contributed by atoms with Crippen LogP contribution in [0.2, 0.25) is 0 Å². The van der Waals surface area contributed by atoms with Gasteiger partial charge in [-0.05, 0) is 48.3 Å². The van der Waals surface area contributed by atoms with E-state index < -0.39 is 0 Å². The summed E-state index contributed by atoms with van der Waals surface area (Å²) in [5, 5.41) is 6.02. The minimum atomic E-state index is -0.141. The number of methoxy groups -OCH3 is 1. The molecule has 0 unspecified atom stereocenters. The van der Waals surface area contributed by atoms with Crippen LogP contribution >= 0.6 is 0 Å². The van der Waals surface area contributed by atoms with E-state index in [1.54, 1.807) is 19.5 Å². The predicted octanol–water partition coefficient (Wildman–Crippen LogP) is 3.04. The van der Waals surface area contributed by atoms with Crippen molar-refractivity contribution in [2.45, 2.75) is 25.3 Å². The zero-order chi connectivity index (χ0) is 17.4. The van der Waals surface area contributed by atoms with Gasteiger partial charge in [0.15, 0.2) is 0 Å². The Morgan fingerprint density at radius 1 is 1.36 bits per heavy atom. The summed E-state index contributed by atoms with van der Waals surface area (Å²) in [5.74, 6) is 2.60. The monoisotopic (exact) mass is 337 g/mol. The quantitative estimate of drug-likeness (QED) is 0.881. The Bertz CT molecular complexity index is 792. The van der Waals surface area contributed by atoms with E-state index in [2.05, 4.69) is 39.9 Å². The third-order valence-corrected chi connectivity index (χ3v) is 5.55. The van der Waals surface area contributed by atoms with Crippen LogP contribution in [-0.2, 0) is 6.42 Å². The molecular weight excluding hydrogens is 314 g/mol. The predicted molar refractivity (Wildman–Crippen MR) is 95.6 cm³/mol. The number of ether oxygens (including phenoxy) is 1. The van der Waals surface area contributed by atoms with Gasteiger partial charge in [0.05, 0.1) is 19.3 Å². The van der Waals surface area contributed by atoms with Gasteiger partial charge >= 0.3 is 6.03 Å². The van der Waals surface area contributed by atoms with Crippen molar-refractivity contribution in [3.63, 3.8) is 0 Å². The van der Waals surface area contributed by atoms with Crippen molar-refractivity contribution in [3.8, 4) is 5.75 Å². The number of carbonyl (C=O) groups is 1. The summed E-state index contributed by atoms with van der Waals surface area (Å²) in [4.78, 5) is 16.3. The molecule has 0 radical (unpaired) electrons. The van der Waals surface area contributed by atoms with Crippen LogP contribution in [0.5, 0.6) is 5.75 Å². The number of benzene rings is 1. The molecule has 4 atom stereocenters. The Hall–Kier alpha value is -2.56. The molecule has 5 heteroatoms. The molecule has 0 spiro atoms. The van der Waals surface area contributed by atoms with E-state index in [4.69, 9.17) is 4.74 Å². The average Bonchev–Trinajstić information content (AvgIpc) is 3.18. The molecule has 1 fully saturated rings. The summed E-state index contributed by atoms with van der Waals surface area (Å²) in [6.07, 6.45) is 4.52. The number of nitrogens with zero attached hydrogens (tertiary/aromatic N) is 1. The maximum absolute atomic E-state index is 12.2. The van der Waals surface area contributed by atoms with Crippen molar-refractivity contribution in [2.75, 3.05) is 13.7 Å². The Kier molecular flexibility index (Phi) is 4.07. The second kappa shape index (κ2) is 6.39. The molecule has 1 aromatic carbocycles. The first kappa shape index (κ1) is 15.9. The summed E-state index contributed by atoms with van der Waals surface area (Å²) in [5.41, 5.74) is 3.89. The lowest BCUT2D eigenvalue weighted by atomic mass is 10.0. The molecule has 0 bridgehead atoms.